The van der Waals surface area contributed by atoms with Crippen LogP contribution in [0.2, 0.25) is 0 Å². The van der Waals surface area contributed by atoms with Gasteiger partial charge < -0.3 is 14.8 Å². The molecule has 2 N–H and O–H groups in total. The predicted molar refractivity (Wildman–Crippen MR) is 104 cm³/mol. The van der Waals surface area contributed by atoms with Gasteiger partial charge in [-0.2, -0.15) is 0 Å². The summed E-state index contributed by atoms with van der Waals surface area (Å²) in [5.74, 6) is -0.143. The number of anilines is 1. The van der Waals surface area contributed by atoms with Crippen LogP contribution in [0.1, 0.15) is 20.7 Å². The van der Waals surface area contributed by atoms with E-state index in [9.17, 15) is 9.59 Å². The number of rotatable bonds is 6. The fraction of sp³-hybridized carbons (Fsp3) is 0.105. The van der Waals surface area contributed by atoms with Crippen LogP contribution in [0.25, 0.3) is 0 Å². The maximum Gasteiger partial charge on any atom is 0.337 e. The first-order chi connectivity index (χ1) is 12.5. The van der Waals surface area contributed by atoms with Crippen molar-refractivity contribution >= 4 is 34.9 Å². The first kappa shape index (κ1) is 19.1. The first-order valence-corrected chi connectivity index (χ1v) is 8.09. The highest BCUT2D eigenvalue weighted by atomic mass is 32.1. The molecule has 6 nitrogen and oxygen atoms in total. The number of amides is 1. The molecule has 0 radical (unpaired) electrons. The average Bonchev–Trinajstić information content (AvgIpc) is 2.66. The third kappa shape index (κ3) is 5.42. The molecule has 134 valence electrons. The second-order valence-corrected chi connectivity index (χ2v) is 5.51. The normalized spacial score (nSPS) is 9.73. The van der Waals surface area contributed by atoms with Gasteiger partial charge in [0.2, 0.25) is 0 Å². The highest BCUT2D eigenvalue weighted by Gasteiger charge is 2.10. The molecule has 2 aromatic rings. The van der Waals surface area contributed by atoms with E-state index in [-0.39, 0.29) is 11.0 Å². The highest BCUT2D eigenvalue weighted by Crippen LogP contribution is 2.15. The van der Waals surface area contributed by atoms with Crippen LogP contribution in [0.4, 0.5) is 5.69 Å². The number of hydrogen-bond donors (Lipinski definition) is 2. The molecule has 0 aromatic heterocycles. The minimum Gasteiger partial charge on any atom is -0.490 e. The summed E-state index contributed by atoms with van der Waals surface area (Å²) < 4.78 is 10.0. The van der Waals surface area contributed by atoms with Gasteiger partial charge in [0, 0.05) is 11.3 Å². The van der Waals surface area contributed by atoms with Gasteiger partial charge in [0.05, 0.1) is 12.7 Å². The lowest BCUT2D eigenvalue weighted by molar-refractivity contribution is 0.0600. The van der Waals surface area contributed by atoms with E-state index in [0.717, 1.165) is 0 Å². The fourth-order valence-electron chi connectivity index (χ4n) is 2.00. The Morgan fingerprint density at radius 1 is 1.08 bits per heavy atom. The van der Waals surface area contributed by atoms with Gasteiger partial charge in [-0.3, -0.25) is 10.1 Å². The molecule has 0 bridgehead atoms. The predicted octanol–water partition coefficient (Wildman–Crippen LogP) is 3.16. The smallest absolute Gasteiger partial charge is 0.337 e. The monoisotopic (exact) mass is 370 g/mol. The topological polar surface area (TPSA) is 76.7 Å². The number of hydrogen-bond acceptors (Lipinski definition) is 5. The second kappa shape index (κ2) is 9.33. The molecule has 26 heavy (non-hydrogen) atoms. The molecule has 0 saturated carbocycles. The molecule has 0 atom stereocenters. The number of carbonyl (C=O) groups excluding carboxylic acids is 2. The minimum absolute atomic E-state index is 0.159. The molecule has 7 heteroatoms. The van der Waals surface area contributed by atoms with E-state index >= 15 is 0 Å². The number of thiocarbonyl (C=S) groups is 1. The SMILES string of the molecule is C=CCOc1ccc(NC(=S)NC(=O)c2ccc(C(=O)OC)cc2)cc1. The van der Waals surface area contributed by atoms with Crippen molar-refractivity contribution in [1.82, 2.24) is 5.32 Å². The van der Waals surface area contributed by atoms with Crippen molar-refractivity contribution in [1.29, 1.82) is 0 Å². The zero-order valence-corrected chi connectivity index (χ0v) is 15.0. The summed E-state index contributed by atoms with van der Waals surface area (Å²) in [6, 6.07) is 13.2. The Bertz CT molecular complexity index is 801. The number of benzene rings is 2. The molecule has 0 unspecified atom stereocenters. The molecular weight excluding hydrogens is 352 g/mol. The summed E-state index contributed by atoms with van der Waals surface area (Å²) in [5, 5.41) is 5.65. The van der Waals surface area contributed by atoms with Crippen molar-refractivity contribution in [3.05, 3.63) is 72.3 Å². The van der Waals surface area contributed by atoms with Gasteiger partial charge in [-0.25, -0.2) is 4.79 Å². The van der Waals surface area contributed by atoms with E-state index in [1.54, 1.807) is 30.3 Å². The van der Waals surface area contributed by atoms with Gasteiger partial charge in [-0.1, -0.05) is 12.7 Å². The summed E-state index contributed by atoms with van der Waals surface area (Å²) >= 11 is 5.14. The Morgan fingerprint density at radius 3 is 2.27 bits per heavy atom. The van der Waals surface area contributed by atoms with Crippen LogP contribution in [-0.4, -0.2) is 30.7 Å². The molecule has 2 aromatic carbocycles. The third-order valence-corrected chi connectivity index (χ3v) is 3.48. The minimum atomic E-state index is -0.463. The zero-order valence-electron chi connectivity index (χ0n) is 14.2. The van der Waals surface area contributed by atoms with Gasteiger partial charge in [-0.05, 0) is 60.7 Å². The van der Waals surface area contributed by atoms with E-state index in [0.29, 0.717) is 29.2 Å². The van der Waals surface area contributed by atoms with Crippen LogP contribution in [-0.2, 0) is 4.74 Å². The Labute approximate surface area is 156 Å². The number of esters is 1. The molecule has 0 aliphatic heterocycles. The van der Waals surface area contributed by atoms with E-state index in [2.05, 4.69) is 21.9 Å². The van der Waals surface area contributed by atoms with Crippen molar-refractivity contribution < 1.29 is 19.1 Å². The van der Waals surface area contributed by atoms with E-state index in [1.165, 1.54) is 31.4 Å². The van der Waals surface area contributed by atoms with Crippen LogP contribution in [0.3, 0.4) is 0 Å². The molecular formula is C19H18N2O4S. The van der Waals surface area contributed by atoms with E-state index in [1.807, 2.05) is 0 Å². The first-order valence-electron chi connectivity index (χ1n) is 7.68. The Morgan fingerprint density at radius 2 is 1.69 bits per heavy atom. The van der Waals surface area contributed by atoms with Crippen molar-refractivity contribution in [3.8, 4) is 5.75 Å². The maximum atomic E-state index is 12.2. The van der Waals surface area contributed by atoms with Gasteiger partial charge in [0.25, 0.3) is 5.91 Å². The zero-order chi connectivity index (χ0) is 18.9. The van der Waals surface area contributed by atoms with Crippen LogP contribution >= 0.6 is 12.2 Å². The number of ether oxygens (including phenoxy) is 2. The Hall–Kier alpha value is -3.19. The summed E-state index contributed by atoms with van der Waals surface area (Å²) in [6.07, 6.45) is 1.66. The van der Waals surface area contributed by atoms with Gasteiger partial charge in [0.15, 0.2) is 5.11 Å². The van der Waals surface area contributed by atoms with E-state index < -0.39 is 5.97 Å². The third-order valence-electron chi connectivity index (χ3n) is 3.28. The van der Waals surface area contributed by atoms with E-state index in [4.69, 9.17) is 17.0 Å². The molecule has 0 saturated heterocycles. The average molecular weight is 370 g/mol. The maximum absolute atomic E-state index is 12.2. The fourth-order valence-corrected chi connectivity index (χ4v) is 2.21. The van der Waals surface area contributed by atoms with Gasteiger partial charge >= 0.3 is 5.97 Å². The molecule has 2 rings (SSSR count). The van der Waals surface area contributed by atoms with Crippen LogP contribution in [0.5, 0.6) is 5.75 Å². The van der Waals surface area contributed by atoms with Crippen LogP contribution < -0.4 is 15.4 Å². The number of carbonyl (C=O) groups is 2. The van der Waals surface area contributed by atoms with Crippen LogP contribution in [0.15, 0.2) is 61.2 Å². The molecule has 0 spiro atoms. The summed E-state index contributed by atoms with van der Waals surface area (Å²) in [5.41, 5.74) is 1.45. The summed E-state index contributed by atoms with van der Waals surface area (Å²) in [7, 11) is 1.30. The lowest BCUT2D eigenvalue weighted by Gasteiger charge is -2.10. The molecule has 0 aliphatic rings. The molecule has 0 aliphatic carbocycles. The molecule has 0 fully saturated rings. The molecule has 0 heterocycles. The lowest BCUT2D eigenvalue weighted by atomic mass is 10.1. The largest absolute Gasteiger partial charge is 0.490 e. The lowest BCUT2D eigenvalue weighted by Crippen LogP contribution is -2.34. The summed E-state index contributed by atoms with van der Waals surface area (Å²) in [4.78, 5) is 23.6. The van der Waals surface area contributed by atoms with Crippen molar-refractivity contribution in [2.24, 2.45) is 0 Å². The highest BCUT2D eigenvalue weighted by molar-refractivity contribution is 7.80. The standard InChI is InChI=1S/C19H18N2O4S/c1-3-12-25-16-10-8-15(9-11-16)20-19(26)21-17(22)13-4-6-14(7-5-13)18(23)24-2/h3-11H,1,12H2,2H3,(H2,20,21,22,26). The Balaban J connectivity index is 1.91. The van der Waals surface area contributed by atoms with Gasteiger partial charge in [0.1, 0.15) is 12.4 Å². The van der Waals surface area contributed by atoms with Crippen molar-refractivity contribution in [2.75, 3.05) is 19.0 Å². The van der Waals surface area contributed by atoms with Crippen molar-refractivity contribution in [2.45, 2.75) is 0 Å². The molecule has 1 amide bonds. The quantitative estimate of drug-likeness (QED) is 0.462. The summed E-state index contributed by atoms with van der Waals surface area (Å²) in [6.45, 7) is 4.01. The van der Waals surface area contributed by atoms with Crippen LogP contribution in [0, 0.1) is 0 Å². The Kier molecular flexibility index (Phi) is 6.87. The number of nitrogens with one attached hydrogen (secondary N) is 2. The second-order valence-electron chi connectivity index (χ2n) is 5.10. The van der Waals surface area contributed by atoms with Gasteiger partial charge in [-0.15, -0.1) is 0 Å². The number of methoxy groups -OCH3 is 1. The van der Waals surface area contributed by atoms with Crippen molar-refractivity contribution in [3.63, 3.8) is 0 Å².